The van der Waals surface area contributed by atoms with Crippen molar-refractivity contribution in [2.45, 2.75) is 91.4 Å². The van der Waals surface area contributed by atoms with E-state index in [2.05, 4.69) is 34.4 Å². The van der Waals surface area contributed by atoms with Crippen LogP contribution in [0.4, 0.5) is 0 Å². The molecule has 3 atom stereocenters. The summed E-state index contributed by atoms with van der Waals surface area (Å²) in [5.74, 6) is -1.39. The number of hydrogen-bond donors (Lipinski definition) is 0. The maximum Gasteiger partial charge on any atom is 0.330 e. The molecular formula is C44H75N3O12. The van der Waals surface area contributed by atoms with Gasteiger partial charge in [0.25, 0.3) is 0 Å². The third kappa shape index (κ3) is 34.5. The minimum atomic E-state index is -0.450. The van der Waals surface area contributed by atoms with Crippen LogP contribution in [0.15, 0.2) is 38.0 Å². The minimum absolute atomic E-state index is 0.223. The first kappa shape index (κ1) is 54.9. The molecule has 0 radical (unpaired) electrons. The first-order chi connectivity index (χ1) is 28.2. The van der Waals surface area contributed by atoms with Crippen molar-refractivity contribution in [1.29, 1.82) is 0 Å². The van der Waals surface area contributed by atoms with Crippen LogP contribution in [0.25, 0.3) is 0 Å². The lowest BCUT2D eigenvalue weighted by molar-refractivity contribution is -0.145. The zero-order valence-corrected chi connectivity index (χ0v) is 36.8. The molecule has 338 valence electrons. The lowest BCUT2D eigenvalue weighted by Gasteiger charge is -2.25. The van der Waals surface area contributed by atoms with E-state index in [0.29, 0.717) is 97.8 Å². The third-order valence-electron chi connectivity index (χ3n) is 9.74. The van der Waals surface area contributed by atoms with Crippen LogP contribution in [-0.4, -0.2) is 150 Å². The molecule has 0 amide bonds. The molecule has 0 rings (SSSR count). The number of carbonyl (C=O) groups excluding carboxylic acids is 6. The van der Waals surface area contributed by atoms with Crippen LogP contribution in [0.5, 0.6) is 0 Å². The molecule has 0 saturated carbocycles. The normalized spacial score (nSPS) is 12.6. The lowest BCUT2D eigenvalue weighted by atomic mass is 10.1. The van der Waals surface area contributed by atoms with Crippen molar-refractivity contribution in [3.05, 3.63) is 38.0 Å². The van der Waals surface area contributed by atoms with Gasteiger partial charge in [0, 0.05) is 37.9 Å². The Hall–Kier alpha value is -4.08. The fourth-order valence-electron chi connectivity index (χ4n) is 5.53. The van der Waals surface area contributed by atoms with Crippen LogP contribution in [0, 0.1) is 17.8 Å². The number of rotatable bonds is 38. The summed E-state index contributed by atoms with van der Waals surface area (Å²) in [6.07, 6.45) is 9.98. The Morgan fingerprint density at radius 3 is 0.983 bits per heavy atom. The molecule has 0 aromatic rings. The quantitative estimate of drug-likeness (QED) is 0.0454. The summed E-state index contributed by atoms with van der Waals surface area (Å²) >= 11 is 0. The summed E-state index contributed by atoms with van der Waals surface area (Å²) < 4.78 is 31.4. The summed E-state index contributed by atoms with van der Waals surface area (Å²) in [7, 11) is 3.94. The van der Waals surface area contributed by atoms with Gasteiger partial charge < -0.3 is 43.1 Å². The highest BCUT2D eigenvalue weighted by Gasteiger charge is 2.14. The first-order valence-electron chi connectivity index (χ1n) is 21.1. The Labute approximate surface area is 353 Å². The van der Waals surface area contributed by atoms with Gasteiger partial charge in [0.2, 0.25) is 0 Å². The van der Waals surface area contributed by atoms with E-state index in [1.165, 1.54) is 0 Å². The molecule has 15 nitrogen and oxygen atoms in total. The molecule has 0 aliphatic carbocycles. The van der Waals surface area contributed by atoms with Gasteiger partial charge in [-0.15, -0.1) is 0 Å². The second-order valence-electron chi connectivity index (χ2n) is 15.2. The topological polar surface area (TPSA) is 168 Å². The fraction of sp³-hybridized carbons (Fsp3) is 0.727. The smallest absolute Gasteiger partial charge is 0.330 e. The van der Waals surface area contributed by atoms with Crippen LogP contribution < -0.4 is 0 Å². The molecule has 15 heteroatoms. The van der Waals surface area contributed by atoms with E-state index < -0.39 is 17.9 Å². The first-order valence-corrected chi connectivity index (χ1v) is 21.1. The van der Waals surface area contributed by atoms with E-state index in [0.717, 1.165) is 57.2 Å². The second-order valence-corrected chi connectivity index (χ2v) is 15.2. The Bertz CT molecular complexity index is 1180. The van der Waals surface area contributed by atoms with Gasteiger partial charge >= 0.3 is 35.8 Å². The van der Waals surface area contributed by atoms with Crippen LogP contribution >= 0.6 is 0 Å². The van der Waals surface area contributed by atoms with Gasteiger partial charge in [0.05, 0.1) is 58.9 Å². The number of ether oxygens (including phenoxy) is 6. The van der Waals surface area contributed by atoms with Crippen LogP contribution in [-0.2, 0) is 57.2 Å². The molecule has 0 aliphatic rings. The monoisotopic (exact) mass is 838 g/mol. The highest BCUT2D eigenvalue weighted by Crippen LogP contribution is 2.11. The Morgan fingerprint density at radius 1 is 0.424 bits per heavy atom. The lowest BCUT2D eigenvalue weighted by Crippen LogP contribution is -2.34. The molecule has 0 saturated heterocycles. The van der Waals surface area contributed by atoms with Crippen molar-refractivity contribution in [3.63, 3.8) is 0 Å². The van der Waals surface area contributed by atoms with Crippen molar-refractivity contribution in [2.75, 3.05) is 99.5 Å². The van der Waals surface area contributed by atoms with Crippen molar-refractivity contribution in [3.8, 4) is 0 Å². The molecule has 3 unspecified atom stereocenters. The van der Waals surface area contributed by atoms with Gasteiger partial charge in [-0.1, -0.05) is 40.5 Å². The van der Waals surface area contributed by atoms with Gasteiger partial charge in [-0.3, -0.25) is 14.4 Å². The number of hydrogen-bond acceptors (Lipinski definition) is 15. The van der Waals surface area contributed by atoms with E-state index in [9.17, 15) is 28.8 Å². The molecule has 0 heterocycles. The zero-order chi connectivity index (χ0) is 44.3. The van der Waals surface area contributed by atoms with E-state index >= 15 is 0 Å². The number of esters is 6. The minimum Gasteiger partial charge on any atom is -0.466 e. The van der Waals surface area contributed by atoms with E-state index in [4.69, 9.17) is 28.4 Å². The summed E-state index contributed by atoms with van der Waals surface area (Å²) in [4.78, 5) is 77.3. The zero-order valence-electron chi connectivity index (χ0n) is 36.8. The number of nitrogens with zero attached hydrogens (tertiary/aromatic N) is 3. The summed E-state index contributed by atoms with van der Waals surface area (Å²) in [6.45, 7) is 22.8. The predicted molar refractivity (Wildman–Crippen MR) is 226 cm³/mol. The van der Waals surface area contributed by atoms with Gasteiger partial charge in [-0.25, -0.2) is 14.4 Å². The van der Waals surface area contributed by atoms with Crippen molar-refractivity contribution in [2.24, 2.45) is 17.8 Å². The molecule has 59 heavy (non-hydrogen) atoms. The average Bonchev–Trinajstić information content (AvgIpc) is 3.20. The Balaban J connectivity index is 4.71. The highest BCUT2D eigenvalue weighted by atomic mass is 16.5. The molecule has 0 N–H and O–H groups in total. The van der Waals surface area contributed by atoms with E-state index in [1.807, 2.05) is 34.9 Å². The molecule has 0 aromatic heterocycles. The van der Waals surface area contributed by atoms with Crippen LogP contribution in [0.2, 0.25) is 0 Å². The molecule has 0 aromatic carbocycles. The largest absolute Gasteiger partial charge is 0.466 e. The van der Waals surface area contributed by atoms with Gasteiger partial charge in [0.15, 0.2) is 0 Å². The SMILES string of the molecule is C=CC(=O)OCCC(C)CCOC(=O)CCN(C)CCCN(CCCN(C)CCC(=O)OCCC(C)CCOC(=O)C=C)CCC(=O)OCCC(C)CCOC(=O)C=C. The van der Waals surface area contributed by atoms with Gasteiger partial charge in [-0.2, -0.15) is 0 Å². The summed E-state index contributed by atoms with van der Waals surface area (Å²) in [6, 6.07) is 0. The molecule has 0 spiro atoms. The Morgan fingerprint density at radius 2 is 0.695 bits per heavy atom. The summed E-state index contributed by atoms with van der Waals surface area (Å²) in [5.41, 5.74) is 0. The maximum atomic E-state index is 12.6. The molecular weight excluding hydrogens is 762 g/mol. The van der Waals surface area contributed by atoms with E-state index in [1.54, 1.807) is 0 Å². The van der Waals surface area contributed by atoms with E-state index in [-0.39, 0.29) is 54.9 Å². The molecule has 0 bridgehead atoms. The van der Waals surface area contributed by atoms with Crippen molar-refractivity contribution in [1.82, 2.24) is 14.7 Å². The second kappa shape index (κ2) is 35.8. The highest BCUT2D eigenvalue weighted by molar-refractivity contribution is 5.81. The summed E-state index contributed by atoms with van der Waals surface area (Å²) in [5, 5.41) is 0. The average molecular weight is 838 g/mol. The predicted octanol–water partition coefficient (Wildman–Crippen LogP) is 5.17. The maximum absolute atomic E-state index is 12.6. The van der Waals surface area contributed by atoms with Gasteiger partial charge in [0.1, 0.15) is 0 Å². The van der Waals surface area contributed by atoms with Crippen LogP contribution in [0.1, 0.15) is 91.4 Å². The fourth-order valence-corrected chi connectivity index (χ4v) is 5.53. The molecule has 0 fully saturated rings. The van der Waals surface area contributed by atoms with Crippen molar-refractivity contribution < 1.29 is 57.2 Å². The standard InChI is InChI=1S/C44H75N3O12/c1-9-39(48)54-30-17-36(4)20-33-57-42(51)14-27-45(7)23-12-25-47(29-16-44(53)59-35-22-38(6)19-32-56-41(50)11-3)26-13-24-46(8)28-15-43(52)58-34-21-37(5)18-31-55-40(49)10-2/h9-11,36-38H,1-3,12-35H2,4-8H3. The van der Waals surface area contributed by atoms with Gasteiger partial charge in [-0.05, 0) is 109 Å². The third-order valence-corrected chi connectivity index (χ3v) is 9.74. The van der Waals surface area contributed by atoms with Crippen LogP contribution in [0.3, 0.4) is 0 Å². The molecule has 0 aliphatic heterocycles. The number of carbonyl (C=O) groups is 6. The van der Waals surface area contributed by atoms with Crippen molar-refractivity contribution >= 4 is 35.8 Å². The Kier molecular flexibility index (Phi) is 33.4.